The highest BCUT2D eigenvalue weighted by atomic mass is 35.5. The van der Waals surface area contributed by atoms with E-state index < -0.39 is 8.07 Å². The summed E-state index contributed by atoms with van der Waals surface area (Å²) in [4.78, 5) is 8.78. The molecule has 0 radical (unpaired) electrons. The second kappa shape index (κ2) is 7.00. The zero-order valence-corrected chi connectivity index (χ0v) is 15.9. The lowest BCUT2D eigenvalue weighted by molar-refractivity contribution is 0.0798. The number of rotatable bonds is 6. The Morgan fingerprint density at radius 2 is 2.00 bits per heavy atom. The summed E-state index contributed by atoms with van der Waals surface area (Å²) in [6.45, 7) is 8.23. The number of nitrogens with zero attached hydrogens (tertiary/aromatic N) is 4. The lowest BCUT2D eigenvalue weighted by atomic mass is 10.2. The van der Waals surface area contributed by atoms with Crippen molar-refractivity contribution >= 4 is 30.7 Å². The first-order valence-electron chi connectivity index (χ1n) is 7.95. The van der Waals surface area contributed by atoms with Crippen molar-refractivity contribution in [2.45, 2.75) is 32.4 Å². The van der Waals surface area contributed by atoms with Crippen LogP contribution < -0.4 is 0 Å². The zero-order valence-electron chi connectivity index (χ0n) is 14.2. The smallest absolute Gasteiger partial charge is 0.139 e. The zero-order chi connectivity index (χ0) is 17.2. The van der Waals surface area contributed by atoms with Crippen molar-refractivity contribution in [3.63, 3.8) is 0 Å². The summed E-state index contributed by atoms with van der Waals surface area (Å²) in [5.41, 5.74) is 3.50. The Labute approximate surface area is 147 Å². The van der Waals surface area contributed by atoms with Crippen LogP contribution in [0.5, 0.6) is 0 Å². The maximum absolute atomic E-state index is 5.98. The molecule has 0 N–H and O–H groups in total. The number of aromatic nitrogens is 4. The maximum Gasteiger partial charge on any atom is 0.139 e. The van der Waals surface area contributed by atoms with Gasteiger partial charge in [0.15, 0.2) is 0 Å². The summed E-state index contributed by atoms with van der Waals surface area (Å²) in [5.74, 6) is 0. The van der Waals surface area contributed by atoms with E-state index in [1.807, 2.05) is 29.1 Å². The highest BCUT2D eigenvalue weighted by Crippen LogP contribution is 2.22. The van der Waals surface area contributed by atoms with Crippen molar-refractivity contribution in [2.24, 2.45) is 0 Å². The van der Waals surface area contributed by atoms with Gasteiger partial charge >= 0.3 is 0 Å². The van der Waals surface area contributed by atoms with Gasteiger partial charge < -0.3 is 4.74 Å². The van der Waals surface area contributed by atoms with Gasteiger partial charge in [0.05, 0.1) is 16.7 Å². The first-order valence-corrected chi connectivity index (χ1v) is 12.0. The molecule has 24 heavy (non-hydrogen) atoms. The second-order valence-electron chi connectivity index (χ2n) is 6.96. The fourth-order valence-corrected chi connectivity index (χ4v) is 3.24. The summed E-state index contributed by atoms with van der Waals surface area (Å²) in [6, 6.07) is 8.68. The van der Waals surface area contributed by atoms with Gasteiger partial charge in [-0.15, -0.1) is 0 Å². The van der Waals surface area contributed by atoms with Crippen molar-refractivity contribution in [2.75, 3.05) is 6.61 Å². The Hall–Kier alpha value is -1.76. The Morgan fingerprint density at radius 1 is 1.17 bits per heavy atom. The van der Waals surface area contributed by atoms with Crippen LogP contribution in [-0.4, -0.2) is 34.4 Å². The minimum absolute atomic E-state index is 0.438. The molecule has 0 spiro atoms. The molecule has 0 aromatic carbocycles. The molecule has 3 aromatic heterocycles. The first kappa shape index (κ1) is 17.1. The second-order valence-corrected chi connectivity index (χ2v) is 13.0. The van der Waals surface area contributed by atoms with E-state index >= 15 is 0 Å². The Bertz CT molecular complexity index is 844. The van der Waals surface area contributed by atoms with Crippen LogP contribution in [0.15, 0.2) is 36.7 Å². The van der Waals surface area contributed by atoms with Gasteiger partial charge in [-0.1, -0.05) is 31.2 Å². The highest BCUT2D eigenvalue weighted by Gasteiger charge is 2.13. The lowest BCUT2D eigenvalue weighted by Gasteiger charge is -2.16. The monoisotopic (exact) mass is 360 g/mol. The van der Waals surface area contributed by atoms with Crippen LogP contribution in [0.25, 0.3) is 22.3 Å². The molecule has 0 bridgehead atoms. The third-order valence-electron chi connectivity index (χ3n) is 3.73. The van der Waals surface area contributed by atoms with Crippen LogP contribution in [0.1, 0.15) is 0 Å². The van der Waals surface area contributed by atoms with E-state index in [0.717, 1.165) is 34.9 Å². The molecule has 126 valence electrons. The van der Waals surface area contributed by atoms with Crippen LogP contribution in [0.4, 0.5) is 0 Å². The van der Waals surface area contributed by atoms with Crippen LogP contribution in [0.3, 0.4) is 0 Å². The van der Waals surface area contributed by atoms with E-state index in [4.69, 9.17) is 16.3 Å². The topological polar surface area (TPSA) is 52.8 Å². The van der Waals surface area contributed by atoms with Gasteiger partial charge in [0.25, 0.3) is 0 Å². The third kappa shape index (κ3) is 4.20. The molecule has 3 rings (SSSR count). The normalized spacial score (nSPS) is 12.0. The predicted octanol–water partition coefficient (Wildman–Crippen LogP) is 4.46. The van der Waals surface area contributed by atoms with Crippen LogP contribution in [0.2, 0.25) is 30.8 Å². The Morgan fingerprint density at radius 3 is 2.79 bits per heavy atom. The summed E-state index contributed by atoms with van der Waals surface area (Å²) in [6.07, 6.45) is 3.60. The number of ether oxygens (including phenoxy) is 1. The SMILES string of the molecule is C[Si](C)(C)CCOCn1nccc1-c1cnc2ccc(Cl)nc2c1. The molecule has 0 saturated carbocycles. The molecular formula is C17H21ClN4OSi. The number of hydrogen-bond acceptors (Lipinski definition) is 4. The maximum atomic E-state index is 5.98. The average Bonchev–Trinajstić information content (AvgIpc) is 2.98. The van der Waals surface area contributed by atoms with Gasteiger partial charge in [0, 0.05) is 32.6 Å². The molecule has 0 aliphatic rings. The van der Waals surface area contributed by atoms with Crippen molar-refractivity contribution in [1.29, 1.82) is 0 Å². The van der Waals surface area contributed by atoms with Crippen LogP contribution >= 0.6 is 11.6 Å². The van der Waals surface area contributed by atoms with Crippen molar-refractivity contribution in [1.82, 2.24) is 19.7 Å². The van der Waals surface area contributed by atoms with E-state index in [1.54, 1.807) is 12.3 Å². The summed E-state index contributed by atoms with van der Waals surface area (Å²) in [7, 11) is -1.08. The number of fused-ring (bicyclic) bond motifs is 1. The molecule has 0 atom stereocenters. The average molecular weight is 361 g/mol. The van der Waals surface area contributed by atoms with E-state index in [2.05, 4.69) is 34.7 Å². The number of halogens is 1. The van der Waals surface area contributed by atoms with Crippen LogP contribution in [0, 0.1) is 0 Å². The minimum Gasteiger partial charge on any atom is -0.360 e. The van der Waals surface area contributed by atoms with Crippen LogP contribution in [-0.2, 0) is 11.5 Å². The van der Waals surface area contributed by atoms with E-state index in [0.29, 0.717) is 11.9 Å². The minimum atomic E-state index is -1.08. The molecule has 0 saturated heterocycles. The number of hydrogen-bond donors (Lipinski definition) is 0. The first-order chi connectivity index (χ1) is 11.4. The van der Waals surface area contributed by atoms with Crippen molar-refractivity contribution in [3.8, 4) is 11.3 Å². The fourth-order valence-electron chi connectivity index (χ4n) is 2.33. The van der Waals surface area contributed by atoms with E-state index in [-0.39, 0.29) is 0 Å². The van der Waals surface area contributed by atoms with Gasteiger partial charge in [-0.25, -0.2) is 9.67 Å². The van der Waals surface area contributed by atoms with Gasteiger partial charge in [-0.2, -0.15) is 5.10 Å². The third-order valence-corrected chi connectivity index (χ3v) is 5.64. The Balaban J connectivity index is 1.77. The predicted molar refractivity (Wildman–Crippen MR) is 99.9 cm³/mol. The molecule has 0 fully saturated rings. The van der Waals surface area contributed by atoms with E-state index in [9.17, 15) is 0 Å². The number of pyridine rings is 2. The summed E-state index contributed by atoms with van der Waals surface area (Å²) >= 11 is 5.98. The van der Waals surface area contributed by atoms with Gasteiger partial charge in [0.1, 0.15) is 11.9 Å². The fraction of sp³-hybridized carbons (Fsp3) is 0.353. The molecule has 0 unspecified atom stereocenters. The summed E-state index contributed by atoms with van der Waals surface area (Å²) in [5, 5.41) is 4.82. The standard InChI is InChI=1S/C17H21ClN4OSi/c1-24(2,3)9-8-23-12-22-16(6-7-20-22)13-10-15-14(19-11-13)4-5-17(18)21-15/h4-7,10-11H,8-9,12H2,1-3H3. The lowest BCUT2D eigenvalue weighted by Crippen LogP contribution is -2.22. The molecule has 0 aliphatic heterocycles. The molecule has 3 heterocycles. The van der Waals surface area contributed by atoms with Crippen molar-refractivity contribution in [3.05, 3.63) is 41.8 Å². The van der Waals surface area contributed by atoms with E-state index in [1.165, 1.54) is 0 Å². The largest absolute Gasteiger partial charge is 0.360 e. The highest BCUT2D eigenvalue weighted by molar-refractivity contribution is 6.76. The molecule has 0 aliphatic carbocycles. The van der Waals surface area contributed by atoms with Gasteiger partial charge in [-0.05, 0) is 30.3 Å². The Kier molecular flexibility index (Phi) is 4.98. The quantitative estimate of drug-likeness (QED) is 0.370. The molecule has 7 heteroatoms. The molecule has 5 nitrogen and oxygen atoms in total. The van der Waals surface area contributed by atoms with Gasteiger partial charge in [0.2, 0.25) is 0 Å². The van der Waals surface area contributed by atoms with Crippen molar-refractivity contribution < 1.29 is 4.74 Å². The molecule has 3 aromatic rings. The van der Waals surface area contributed by atoms with Gasteiger partial charge in [-0.3, -0.25) is 4.98 Å². The molecule has 0 amide bonds. The molecular weight excluding hydrogens is 340 g/mol. The summed E-state index contributed by atoms with van der Waals surface area (Å²) < 4.78 is 7.65.